The van der Waals surface area contributed by atoms with Crippen LogP contribution in [-0.4, -0.2) is 12.5 Å². The van der Waals surface area contributed by atoms with Gasteiger partial charge in [0, 0.05) is 11.8 Å². The molecule has 0 heterocycles. The van der Waals surface area contributed by atoms with E-state index < -0.39 is 0 Å². The highest BCUT2D eigenvalue weighted by molar-refractivity contribution is 5.88. The molecule has 1 N–H and O–H groups in total. The Bertz CT molecular complexity index is 202. The van der Waals surface area contributed by atoms with Gasteiger partial charge >= 0.3 is 0 Å². The van der Waals surface area contributed by atoms with Crippen LogP contribution in [-0.2, 0) is 4.79 Å². The summed E-state index contributed by atoms with van der Waals surface area (Å²) in [5.41, 5.74) is 1.32. The molecule has 64 valence electrons. The zero-order valence-corrected chi connectivity index (χ0v) is 7.05. The Morgan fingerprint density at radius 1 is 1.17 bits per heavy atom. The quantitative estimate of drug-likeness (QED) is 0.277. The van der Waals surface area contributed by atoms with Crippen LogP contribution in [0.5, 0.6) is 0 Å². The smallest absolute Gasteiger partial charge is 0.146 e. The topological polar surface area (TPSA) is 40.9 Å². The summed E-state index contributed by atoms with van der Waals surface area (Å²) in [5.74, 6) is 0. The number of carbonyl (C=O) groups is 1. The molecule has 0 aromatic carbocycles. The van der Waals surface area contributed by atoms with Crippen molar-refractivity contribution >= 4 is 12.5 Å². The number of rotatable bonds is 6. The number of carbonyl (C=O) groups excluding carboxylic acids is 1. The molecule has 0 spiro atoms. The average molecular weight is 163 g/mol. The highest BCUT2D eigenvalue weighted by Crippen LogP contribution is 2.09. The first-order chi connectivity index (χ1) is 5.79. The van der Waals surface area contributed by atoms with Crippen molar-refractivity contribution in [1.82, 2.24) is 0 Å². The fraction of sp³-hybridized carbons (Fsp3) is 0.200. The van der Waals surface area contributed by atoms with Crippen LogP contribution < -0.4 is 0 Å². The maximum absolute atomic E-state index is 10.5. The second-order valence-corrected chi connectivity index (χ2v) is 2.30. The molecule has 0 aromatic rings. The highest BCUT2D eigenvalue weighted by atomic mass is 16.1. The van der Waals surface area contributed by atoms with Gasteiger partial charge in [0.25, 0.3) is 0 Å². The predicted molar refractivity (Wildman–Crippen MR) is 51.5 cm³/mol. The summed E-state index contributed by atoms with van der Waals surface area (Å²) in [6.45, 7) is 7.08. The van der Waals surface area contributed by atoms with Gasteiger partial charge in [-0.05, 0) is 18.4 Å². The third kappa shape index (κ3) is 3.10. The van der Waals surface area contributed by atoms with E-state index in [0.717, 1.165) is 6.29 Å². The molecule has 0 amide bonds. The number of aldehydes is 1. The van der Waals surface area contributed by atoms with E-state index in [-0.39, 0.29) is 0 Å². The Labute approximate surface area is 72.8 Å². The lowest BCUT2D eigenvalue weighted by Crippen LogP contribution is -1.93. The van der Waals surface area contributed by atoms with Crippen molar-refractivity contribution in [3.63, 3.8) is 0 Å². The molecule has 0 aliphatic carbocycles. The van der Waals surface area contributed by atoms with Crippen molar-refractivity contribution in [2.75, 3.05) is 0 Å². The normalized spacial score (nSPS) is 11.3. The fourth-order valence-corrected chi connectivity index (χ4v) is 0.849. The largest absolute Gasteiger partial charge is 0.308 e. The Morgan fingerprint density at radius 3 is 2.00 bits per heavy atom. The summed E-state index contributed by atoms with van der Waals surface area (Å²) in [6, 6.07) is 0. The number of hydrogen-bond acceptors (Lipinski definition) is 2. The second-order valence-electron chi connectivity index (χ2n) is 2.30. The second kappa shape index (κ2) is 6.28. The van der Waals surface area contributed by atoms with Crippen molar-refractivity contribution in [3.05, 3.63) is 36.5 Å². The van der Waals surface area contributed by atoms with Gasteiger partial charge in [-0.2, -0.15) is 0 Å². The Hall–Kier alpha value is -1.44. The van der Waals surface area contributed by atoms with Crippen molar-refractivity contribution in [2.45, 2.75) is 12.8 Å². The summed E-state index contributed by atoms with van der Waals surface area (Å²) in [4.78, 5) is 10.5. The lowest BCUT2D eigenvalue weighted by atomic mass is 10.0. The van der Waals surface area contributed by atoms with Gasteiger partial charge in [-0.3, -0.25) is 4.79 Å². The lowest BCUT2D eigenvalue weighted by molar-refractivity contribution is -0.105. The van der Waals surface area contributed by atoms with Crippen LogP contribution in [0.1, 0.15) is 12.8 Å². The van der Waals surface area contributed by atoms with E-state index in [4.69, 9.17) is 5.41 Å². The van der Waals surface area contributed by atoms with Crippen LogP contribution in [0.4, 0.5) is 0 Å². The summed E-state index contributed by atoms with van der Waals surface area (Å²) in [5, 5.41) is 7.05. The van der Waals surface area contributed by atoms with Gasteiger partial charge in [0.1, 0.15) is 6.29 Å². The van der Waals surface area contributed by atoms with Crippen LogP contribution in [0.25, 0.3) is 0 Å². The third-order valence-corrected chi connectivity index (χ3v) is 1.46. The minimum absolute atomic E-state index is 0.516. The van der Waals surface area contributed by atoms with E-state index in [1.54, 1.807) is 12.2 Å². The molecule has 0 rings (SSSR count). The van der Waals surface area contributed by atoms with E-state index in [9.17, 15) is 4.79 Å². The van der Waals surface area contributed by atoms with Crippen LogP contribution in [0.2, 0.25) is 0 Å². The highest BCUT2D eigenvalue weighted by Gasteiger charge is 1.99. The van der Waals surface area contributed by atoms with Crippen LogP contribution in [0.15, 0.2) is 36.5 Å². The van der Waals surface area contributed by atoms with Gasteiger partial charge in [0.05, 0.1) is 0 Å². The summed E-state index contributed by atoms with van der Waals surface area (Å²) in [7, 11) is 0. The number of allylic oxidation sites excluding steroid dienone is 4. The molecule has 0 bridgehead atoms. The van der Waals surface area contributed by atoms with Crippen molar-refractivity contribution in [3.8, 4) is 0 Å². The zero-order valence-electron chi connectivity index (χ0n) is 7.05. The minimum Gasteiger partial charge on any atom is -0.308 e. The average Bonchev–Trinajstić information content (AvgIpc) is 2.11. The molecule has 0 radical (unpaired) electrons. The van der Waals surface area contributed by atoms with Crippen molar-refractivity contribution < 1.29 is 4.79 Å². The van der Waals surface area contributed by atoms with Crippen molar-refractivity contribution in [1.29, 1.82) is 5.41 Å². The van der Waals surface area contributed by atoms with E-state index >= 15 is 0 Å². The Kier molecular flexibility index (Phi) is 5.53. The number of nitrogens with one attached hydrogen (secondary N) is 1. The molecule has 2 nitrogen and oxygen atoms in total. The van der Waals surface area contributed by atoms with E-state index in [2.05, 4.69) is 13.2 Å². The van der Waals surface area contributed by atoms with Gasteiger partial charge in [0.15, 0.2) is 0 Å². The Morgan fingerprint density at radius 2 is 1.67 bits per heavy atom. The molecule has 2 heteroatoms. The molecule has 0 atom stereocenters. The molecule has 0 aliphatic rings. The summed E-state index contributed by atoms with van der Waals surface area (Å²) < 4.78 is 0. The van der Waals surface area contributed by atoms with E-state index in [1.807, 2.05) is 0 Å². The molecular formula is C10H13NO. The van der Waals surface area contributed by atoms with Gasteiger partial charge in [-0.25, -0.2) is 0 Å². The number of hydrogen-bond donors (Lipinski definition) is 1. The third-order valence-electron chi connectivity index (χ3n) is 1.46. The van der Waals surface area contributed by atoms with Gasteiger partial charge in [-0.15, -0.1) is 13.2 Å². The van der Waals surface area contributed by atoms with E-state index in [0.29, 0.717) is 24.0 Å². The van der Waals surface area contributed by atoms with Crippen molar-refractivity contribution in [2.24, 2.45) is 0 Å². The van der Waals surface area contributed by atoms with Crippen LogP contribution in [0, 0.1) is 5.41 Å². The van der Waals surface area contributed by atoms with Gasteiger partial charge < -0.3 is 5.41 Å². The molecule has 0 fully saturated rings. The predicted octanol–water partition coefficient (Wildman–Crippen LogP) is 2.28. The Balaban J connectivity index is 4.70. The first kappa shape index (κ1) is 10.6. The molecule has 12 heavy (non-hydrogen) atoms. The summed E-state index contributed by atoms with van der Waals surface area (Å²) >= 11 is 0. The SMILES string of the molecule is C=CC/C(C=N)=C(/C=O)CC=C. The fourth-order valence-electron chi connectivity index (χ4n) is 0.849. The van der Waals surface area contributed by atoms with Gasteiger partial charge in [0.2, 0.25) is 0 Å². The zero-order chi connectivity index (χ0) is 9.40. The first-order valence-corrected chi connectivity index (χ1v) is 3.69. The molecule has 0 aromatic heterocycles. The minimum atomic E-state index is 0.516. The monoisotopic (exact) mass is 163 g/mol. The maximum Gasteiger partial charge on any atom is 0.146 e. The maximum atomic E-state index is 10.5. The summed E-state index contributed by atoms with van der Waals surface area (Å²) in [6.07, 6.45) is 6.36. The van der Waals surface area contributed by atoms with Gasteiger partial charge in [-0.1, -0.05) is 12.2 Å². The molecule has 0 aliphatic heterocycles. The molecular weight excluding hydrogens is 150 g/mol. The molecule has 0 saturated carbocycles. The molecule has 0 unspecified atom stereocenters. The van der Waals surface area contributed by atoms with E-state index in [1.165, 1.54) is 6.21 Å². The standard InChI is InChI=1S/C10H13NO/c1-3-5-9(7-11)10(8-12)6-4-2/h3-4,7-8,11H,1-2,5-6H2/b10-9-,11-7?. The molecule has 0 saturated heterocycles. The lowest BCUT2D eigenvalue weighted by Gasteiger charge is -2.00. The van der Waals surface area contributed by atoms with Crippen LogP contribution >= 0.6 is 0 Å². The first-order valence-electron chi connectivity index (χ1n) is 3.69. The van der Waals surface area contributed by atoms with Crippen LogP contribution in [0.3, 0.4) is 0 Å².